The van der Waals surface area contributed by atoms with Crippen molar-refractivity contribution in [2.24, 2.45) is 5.73 Å². The molecule has 1 aliphatic heterocycles. The van der Waals surface area contributed by atoms with E-state index in [9.17, 15) is 4.79 Å². The van der Waals surface area contributed by atoms with Crippen LogP contribution in [0.1, 0.15) is 35.1 Å². The fourth-order valence-electron chi connectivity index (χ4n) is 2.73. The van der Waals surface area contributed by atoms with Crippen molar-refractivity contribution >= 4 is 5.91 Å². The molecule has 2 aromatic rings. The van der Waals surface area contributed by atoms with E-state index in [1.54, 1.807) is 0 Å². The molecule has 1 unspecified atom stereocenters. The minimum Gasteiger partial charge on any atom is -0.381 e. The summed E-state index contributed by atoms with van der Waals surface area (Å²) in [4.78, 5) is 15.7. The molecule has 1 fully saturated rings. The highest BCUT2D eigenvalue weighted by Crippen LogP contribution is 2.27. The van der Waals surface area contributed by atoms with Crippen molar-refractivity contribution in [1.82, 2.24) is 14.8 Å². The molecule has 6 heteroatoms. The van der Waals surface area contributed by atoms with Crippen LogP contribution in [0.2, 0.25) is 0 Å². The molecule has 1 aromatic heterocycles. The molecule has 1 atom stereocenters. The Kier molecular flexibility index (Phi) is 3.94. The van der Waals surface area contributed by atoms with Crippen LogP contribution in [0.5, 0.6) is 0 Å². The van der Waals surface area contributed by atoms with Crippen molar-refractivity contribution in [2.75, 3.05) is 13.2 Å². The molecule has 22 heavy (non-hydrogen) atoms. The SMILES string of the molecule is Cc1ccc(C)c(-n2nc(CC(N)=O)nc2C2CCOC2)c1. The number of hydrogen-bond donors (Lipinski definition) is 1. The summed E-state index contributed by atoms with van der Waals surface area (Å²) in [5.74, 6) is 1.10. The number of rotatable bonds is 4. The van der Waals surface area contributed by atoms with Gasteiger partial charge in [0, 0.05) is 12.5 Å². The van der Waals surface area contributed by atoms with Crippen LogP contribution in [0.15, 0.2) is 18.2 Å². The van der Waals surface area contributed by atoms with Gasteiger partial charge in [0.25, 0.3) is 0 Å². The van der Waals surface area contributed by atoms with E-state index in [1.165, 1.54) is 0 Å². The van der Waals surface area contributed by atoms with E-state index in [4.69, 9.17) is 10.5 Å². The number of amides is 1. The highest BCUT2D eigenvalue weighted by molar-refractivity contribution is 5.75. The number of aryl methyl sites for hydroxylation is 2. The predicted octanol–water partition coefficient (Wildman–Crippen LogP) is 1.42. The standard InChI is InChI=1S/C16H20N4O2/c1-10-3-4-11(2)13(7-10)20-16(12-5-6-22-9-12)18-15(19-20)8-14(17)21/h3-4,7,12H,5-6,8-9H2,1-2H3,(H2,17,21). The number of nitrogens with two attached hydrogens (primary N) is 1. The van der Waals surface area contributed by atoms with Crippen LogP contribution in [0.3, 0.4) is 0 Å². The van der Waals surface area contributed by atoms with Gasteiger partial charge in [-0.1, -0.05) is 12.1 Å². The minimum absolute atomic E-state index is 0.0540. The Morgan fingerprint density at radius 3 is 2.95 bits per heavy atom. The lowest BCUT2D eigenvalue weighted by molar-refractivity contribution is -0.117. The van der Waals surface area contributed by atoms with Crippen LogP contribution in [0.25, 0.3) is 5.69 Å². The van der Waals surface area contributed by atoms with Crippen molar-refractivity contribution < 1.29 is 9.53 Å². The van der Waals surface area contributed by atoms with E-state index in [0.29, 0.717) is 12.4 Å². The highest BCUT2D eigenvalue weighted by Gasteiger charge is 2.26. The van der Waals surface area contributed by atoms with Crippen LogP contribution in [-0.4, -0.2) is 33.9 Å². The van der Waals surface area contributed by atoms with Gasteiger partial charge in [-0.3, -0.25) is 4.79 Å². The van der Waals surface area contributed by atoms with Crippen molar-refractivity contribution in [2.45, 2.75) is 32.6 Å². The fraction of sp³-hybridized carbons (Fsp3) is 0.438. The molecule has 116 valence electrons. The molecule has 0 spiro atoms. The predicted molar refractivity (Wildman–Crippen MR) is 81.9 cm³/mol. The van der Waals surface area contributed by atoms with Gasteiger partial charge in [0.1, 0.15) is 5.82 Å². The van der Waals surface area contributed by atoms with Gasteiger partial charge in [0.05, 0.1) is 18.7 Å². The monoisotopic (exact) mass is 300 g/mol. The van der Waals surface area contributed by atoms with Crippen LogP contribution in [-0.2, 0) is 16.0 Å². The Hall–Kier alpha value is -2.21. The van der Waals surface area contributed by atoms with E-state index in [2.05, 4.69) is 28.3 Å². The third kappa shape index (κ3) is 2.87. The Morgan fingerprint density at radius 1 is 1.45 bits per heavy atom. The molecule has 0 radical (unpaired) electrons. The van der Waals surface area contributed by atoms with Gasteiger partial charge in [0.15, 0.2) is 5.82 Å². The van der Waals surface area contributed by atoms with Gasteiger partial charge >= 0.3 is 0 Å². The number of hydrogen-bond acceptors (Lipinski definition) is 4. The molecule has 0 saturated carbocycles. The normalized spacial score (nSPS) is 17.8. The first kappa shape index (κ1) is 14.7. The second-order valence-electron chi connectivity index (χ2n) is 5.79. The molecule has 1 amide bonds. The van der Waals surface area contributed by atoms with Gasteiger partial charge in [0.2, 0.25) is 5.91 Å². The summed E-state index contributed by atoms with van der Waals surface area (Å²) in [7, 11) is 0. The average Bonchev–Trinajstić information content (AvgIpc) is 3.09. The molecule has 2 heterocycles. The van der Waals surface area contributed by atoms with E-state index < -0.39 is 5.91 Å². The van der Waals surface area contributed by atoms with Crippen molar-refractivity contribution in [3.63, 3.8) is 0 Å². The summed E-state index contributed by atoms with van der Waals surface area (Å²) in [6.07, 6.45) is 0.970. The fourth-order valence-corrected chi connectivity index (χ4v) is 2.73. The molecule has 6 nitrogen and oxygen atoms in total. The zero-order valence-corrected chi connectivity index (χ0v) is 12.9. The van der Waals surface area contributed by atoms with E-state index >= 15 is 0 Å². The molecule has 1 aromatic carbocycles. The third-order valence-corrected chi connectivity index (χ3v) is 3.90. The lowest BCUT2D eigenvalue weighted by atomic mass is 10.1. The maximum atomic E-state index is 11.2. The summed E-state index contributed by atoms with van der Waals surface area (Å²) >= 11 is 0. The van der Waals surface area contributed by atoms with E-state index in [-0.39, 0.29) is 12.3 Å². The molecule has 3 rings (SSSR count). The van der Waals surface area contributed by atoms with Crippen molar-refractivity contribution in [3.8, 4) is 5.69 Å². The second-order valence-corrected chi connectivity index (χ2v) is 5.79. The second kappa shape index (κ2) is 5.88. The summed E-state index contributed by atoms with van der Waals surface area (Å²) < 4.78 is 7.32. The summed E-state index contributed by atoms with van der Waals surface area (Å²) in [5.41, 5.74) is 8.53. The number of benzene rings is 1. The first-order valence-corrected chi connectivity index (χ1v) is 7.44. The summed E-state index contributed by atoms with van der Waals surface area (Å²) in [6.45, 7) is 5.46. The summed E-state index contributed by atoms with van der Waals surface area (Å²) in [5, 5.41) is 4.52. The topological polar surface area (TPSA) is 83.0 Å². The highest BCUT2D eigenvalue weighted by atomic mass is 16.5. The largest absolute Gasteiger partial charge is 0.381 e. The number of nitrogens with zero attached hydrogens (tertiary/aromatic N) is 3. The molecule has 0 aliphatic carbocycles. The number of primary amides is 1. The molecule has 1 aliphatic rings. The van der Waals surface area contributed by atoms with E-state index in [1.807, 2.05) is 18.5 Å². The number of carbonyl (C=O) groups is 1. The quantitative estimate of drug-likeness (QED) is 0.925. The van der Waals surface area contributed by atoms with Gasteiger partial charge in [-0.15, -0.1) is 0 Å². The van der Waals surface area contributed by atoms with Gasteiger partial charge in [-0.2, -0.15) is 5.10 Å². The molecule has 0 bridgehead atoms. The maximum Gasteiger partial charge on any atom is 0.225 e. The molecular formula is C16H20N4O2. The van der Waals surface area contributed by atoms with Gasteiger partial charge in [-0.25, -0.2) is 9.67 Å². The van der Waals surface area contributed by atoms with Gasteiger partial charge < -0.3 is 10.5 Å². The van der Waals surface area contributed by atoms with Crippen LogP contribution < -0.4 is 5.73 Å². The van der Waals surface area contributed by atoms with Crippen molar-refractivity contribution in [3.05, 3.63) is 41.0 Å². The lowest BCUT2D eigenvalue weighted by Crippen LogP contribution is -2.14. The zero-order chi connectivity index (χ0) is 15.7. The Bertz CT molecular complexity index is 702. The summed E-state index contributed by atoms with van der Waals surface area (Å²) in [6, 6.07) is 6.21. The molecule has 2 N–H and O–H groups in total. The van der Waals surface area contributed by atoms with Crippen LogP contribution in [0.4, 0.5) is 0 Å². The number of ether oxygens (including phenoxy) is 1. The smallest absolute Gasteiger partial charge is 0.225 e. The maximum absolute atomic E-state index is 11.2. The van der Waals surface area contributed by atoms with E-state index in [0.717, 1.165) is 35.7 Å². The third-order valence-electron chi connectivity index (χ3n) is 3.90. The van der Waals surface area contributed by atoms with Crippen LogP contribution >= 0.6 is 0 Å². The molecular weight excluding hydrogens is 280 g/mol. The lowest BCUT2D eigenvalue weighted by Gasteiger charge is -2.12. The first-order valence-electron chi connectivity index (χ1n) is 7.44. The Balaban J connectivity index is 2.09. The van der Waals surface area contributed by atoms with Crippen molar-refractivity contribution in [1.29, 1.82) is 0 Å². The average molecular weight is 300 g/mol. The van der Waals surface area contributed by atoms with Gasteiger partial charge in [-0.05, 0) is 37.5 Å². The first-order chi connectivity index (χ1) is 10.5. The number of aromatic nitrogens is 3. The minimum atomic E-state index is -0.424. The molecule has 1 saturated heterocycles. The van der Waals surface area contributed by atoms with Crippen LogP contribution in [0, 0.1) is 13.8 Å². The Labute approximate surface area is 129 Å². The number of carbonyl (C=O) groups excluding carboxylic acids is 1. The zero-order valence-electron chi connectivity index (χ0n) is 12.9. The Morgan fingerprint density at radius 2 is 2.27 bits per heavy atom.